The second-order valence-electron chi connectivity index (χ2n) is 7.90. The van der Waals surface area contributed by atoms with Crippen molar-refractivity contribution in [3.8, 4) is 5.75 Å². The maximum Gasteiger partial charge on any atom is 0.335 e. The van der Waals surface area contributed by atoms with E-state index in [1.54, 1.807) is 7.11 Å². The van der Waals surface area contributed by atoms with Gasteiger partial charge in [0.25, 0.3) is 0 Å². The highest BCUT2D eigenvalue weighted by molar-refractivity contribution is 5.75. The first kappa shape index (κ1) is 22.4. The molecule has 1 aliphatic rings. The Morgan fingerprint density at radius 3 is 2.46 bits per heavy atom. The van der Waals surface area contributed by atoms with E-state index in [2.05, 4.69) is 6.92 Å². The topological polar surface area (TPSA) is 65.0 Å². The lowest BCUT2D eigenvalue weighted by atomic mass is 9.88. The normalized spacial score (nSPS) is 20.3. The van der Waals surface area contributed by atoms with Crippen LogP contribution in [0.25, 0.3) is 0 Å². The van der Waals surface area contributed by atoms with Crippen LogP contribution in [0.2, 0.25) is 0 Å². The second kappa shape index (κ2) is 11.2. The van der Waals surface area contributed by atoms with Crippen molar-refractivity contribution in [2.45, 2.75) is 71.7 Å². The highest BCUT2D eigenvalue weighted by atomic mass is 16.6. The van der Waals surface area contributed by atoms with E-state index in [9.17, 15) is 9.90 Å². The number of ether oxygens (including phenoxy) is 3. The number of aliphatic hydroxyl groups excluding tert-OH is 1. The minimum Gasteiger partial charge on any atom is -0.497 e. The van der Waals surface area contributed by atoms with E-state index in [0.717, 1.165) is 41.7 Å². The van der Waals surface area contributed by atoms with E-state index in [-0.39, 0.29) is 12.5 Å². The fourth-order valence-electron chi connectivity index (χ4n) is 3.42. The first-order valence-electron chi connectivity index (χ1n) is 10.1. The van der Waals surface area contributed by atoms with Gasteiger partial charge in [0.15, 0.2) is 6.10 Å². The monoisotopic (exact) mass is 390 g/mol. The molecule has 1 fully saturated rings. The quantitative estimate of drug-likeness (QED) is 0.499. The molecule has 2 unspecified atom stereocenters. The van der Waals surface area contributed by atoms with Crippen LogP contribution in [0, 0.1) is 5.92 Å². The minimum absolute atomic E-state index is 0.0719. The summed E-state index contributed by atoms with van der Waals surface area (Å²) < 4.78 is 16.5. The molecule has 28 heavy (non-hydrogen) atoms. The molecule has 0 radical (unpaired) electrons. The zero-order valence-electron chi connectivity index (χ0n) is 17.6. The Balaban J connectivity index is 1.82. The van der Waals surface area contributed by atoms with Gasteiger partial charge < -0.3 is 19.3 Å². The third kappa shape index (κ3) is 6.95. The SMILES string of the molecule is COc1ccc(COCC(C[C@H](O)C(=O)OC2CCCCC2C)=C(C)C)cc1. The van der Waals surface area contributed by atoms with Gasteiger partial charge in [-0.05, 0) is 62.3 Å². The molecule has 1 aromatic carbocycles. The van der Waals surface area contributed by atoms with Crippen molar-refractivity contribution in [2.24, 2.45) is 5.92 Å². The van der Waals surface area contributed by atoms with E-state index < -0.39 is 12.1 Å². The molecule has 2 rings (SSSR count). The number of hydrogen-bond acceptors (Lipinski definition) is 5. The van der Waals surface area contributed by atoms with Crippen molar-refractivity contribution in [3.63, 3.8) is 0 Å². The van der Waals surface area contributed by atoms with Gasteiger partial charge in [-0.1, -0.05) is 31.1 Å². The van der Waals surface area contributed by atoms with Gasteiger partial charge in [-0.25, -0.2) is 4.79 Å². The summed E-state index contributed by atoms with van der Waals surface area (Å²) in [6, 6.07) is 7.70. The number of hydrogen-bond donors (Lipinski definition) is 1. The third-order valence-corrected chi connectivity index (χ3v) is 5.42. The Labute approximate surface area is 168 Å². The minimum atomic E-state index is -1.15. The molecule has 5 heteroatoms. The number of benzene rings is 1. The van der Waals surface area contributed by atoms with Crippen LogP contribution in [-0.4, -0.2) is 37.0 Å². The predicted molar refractivity (Wildman–Crippen MR) is 109 cm³/mol. The maximum atomic E-state index is 12.3. The fraction of sp³-hybridized carbons (Fsp3) is 0.609. The highest BCUT2D eigenvalue weighted by Crippen LogP contribution is 2.27. The van der Waals surface area contributed by atoms with Crippen LogP contribution in [0.4, 0.5) is 0 Å². The molecule has 1 aromatic rings. The Kier molecular flexibility index (Phi) is 9.00. The molecular formula is C23H34O5. The van der Waals surface area contributed by atoms with E-state index in [1.807, 2.05) is 38.1 Å². The lowest BCUT2D eigenvalue weighted by Crippen LogP contribution is -2.33. The first-order chi connectivity index (χ1) is 13.4. The molecule has 1 N–H and O–H groups in total. The molecular weight excluding hydrogens is 356 g/mol. The number of allylic oxidation sites excluding steroid dienone is 1. The Hall–Kier alpha value is -1.85. The van der Waals surface area contributed by atoms with Crippen LogP contribution in [0.15, 0.2) is 35.4 Å². The van der Waals surface area contributed by atoms with Crippen molar-refractivity contribution in [1.29, 1.82) is 0 Å². The van der Waals surface area contributed by atoms with Crippen LogP contribution in [0.3, 0.4) is 0 Å². The van der Waals surface area contributed by atoms with E-state index >= 15 is 0 Å². The van der Waals surface area contributed by atoms with Crippen molar-refractivity contribution in [3.05, 3.63) is 41.0 Å². The summed E-state index contributed by atoms with van der Waals surface area (Å²) in [6.07, 6.45) is 3.25. The van der Waals surface area contributed by atoms with Crippen molar-refractivity contribution in [1.82, 2.24) is 0 Å². The zero-order valence-corrected chi connectivity index (χ0v) is 17.6. The summed E-state index contributed by atoms with van der Waals surface area (Å²) in [5.41, 5.74) is 3.02. The Morgan fingerprint density at radius 2 is 1.86 bits per heavy atom. The summed E-state index contributed by atoms with van der Waals surface area (Å²) >= 11 is 0. The summed E-state index contributed by atoms with van der Waals surface area (Å²) in [4.78, 5) is 12.3. The molecule has 0 aromatic heterocycles. The number of esters is 1. The van der Waals surface area contributed by atoms with Crippen molar-refractivity contribution < 1.29 is 24.1 Å². The number of carbonyl (C=O) groups is 1. The zero-order chi connectivity index (χ0) is 20.5. The summed E-state index contributed by atoms with van der Waals surface area (Å²) in [7, 11) is 1.64. The molecule has 3 atom stereocenters. The molecule has 156 valence electrons. The molecule has 0 aliphatic heterocycles. The van der Waals surface area contributed by atoms with E-state index in [1.165, 1.54) is 6.42 Å². The average molecular weight is 391 g/mol. The van der Waals surface area contributed by atoms with Gasteiger partial charge in [0.2, 0.25) is 0 Å². The highest BCUT2D eigenvalue weighted by Gasteiger charge is 2.28. The maximum absolute atomic E-state index is 12.3. The molecule has 0 bridgehead atoms. The summed E-state index contributed by atoms with van der Waals surface area (Å²) in [6.45, 7) is 6.87. The number of aliphatic hydroxyl groups is 1. The molecule has 1 aliphatic carbocycles. The smallest absolute Gasteiger partial charge is 0.335 e. The van der Waals surface area contributed by atoms with Gasteiger partial charge in [0, 0.05) is 6.42 Å². The van der Waals surface area contributed by atoms with Crippen molar-refractivity contribution >= 4 is 5.97 Å². The lowest BCUT2D eigenvalue weighted by molar-refractivity contribution is -0.163. The molecule has 0 spiro atoms. The number of rotatable bonds is 9. The standard InChI is InChI=1S/C23H34O5/c1-16(2)19(15-27-14-18-9-11-20(26-4)12-10-18)13-21(24)23(25)28-22-8-6-5-7-17(22)3/h9-12,17,21-22,24H,5-8,13-15H2,1-4H3/t17?,21-,22?/m0/s1. The third-order valence-electron chi connectivity index (χ3n) is 5.42. The van der Waals surface area contributed by atoms with Gasteiger partial charge in [-0.15, -0.1) is 0 Å². The average Bonchev–Trinajstić information content (AvgIpc) is 2.69. The van der Waals surface area contributed by atoms with Gasteiger partial charge in [-0.2, -0.15) is 0 Å². The van der Waals surface area contributed by atoms with Gasteiger partial charge >= 0.3 is 5.97 Å². The Morgan fingerprint density at radius 1 is 1.18 bits per heavy atom. The van der Waals surface area contributed by atoms with Crippen molar-refractivity contribution in [2.75, 3.05) is 13.7 Å². The number of methoxy groups -OCH3 is 1. The molecule has 0 heterocycles. The van der Waals surface area contributed by atoms with Crippen LogP contribution < -0.4 is 4.74 Å². The van der Waals surface area contributed by atoms with Crippen LogP contribution in [0.1, 0.15) is 58.4 Å². The molecule has 1 saturated carbocycles. The molecule has 5 nitrogen and oxygen atoms in total. The number of carbonyl (C=O) groups excluding carboxylic acids is 1. The largest absolute Gasteiger partial charge is 0.497 e. The first-order valence-corrected chi connectivity index (χ1v) is 10.1. The van der Waals surface area contributed by atoms with Gasteiger partial charge in [0.05, 0.1) is 20.3 Å². The summed E-state index contributed by atoms with van der Waals surface area (Å²) in [5.74, 6) is 0.649. The molecule has 0 saturated heterocycles. The van der Waals surface area contributed by atoms with E-state index in [4.69, 9.17) is 14.2 Å². The molecule has 0 amide bonds. The van der Waals surface area contributed by atoms with Crippen LogP contribution in [-0.2, 0) is 20.9 Å². The Bertz CT molecular complexity index is 645. The van der Waals surface area contributed by atoms with Gasteiger partial charge in [0.1, 0.15) is 11.9 Å². The predicted octanol–water partition coefficient (Wildman–Crippen LogP) is 4.42. The van der Waals surface area contributed by atoms with Gasteiger partial charge in [-0.3, -0.25) is 0 Å². The summed E-state index contributed by atoms with van der Waals surface area (Å²) in [5, 5.41) is 10.3. The van der Waals surface area contributed by atoms with Crippen LogP contribution in [0.5, 0.6) is 5.75 Å². The lowest BCUT2D eigenvalue weighted by Gasteiger charge is -2.29. The van der Waals surface area contributed by atoms with E-state index in [0.29, 0.717) is 19.1 Å². The second-order valence-corrected chi connectivity index (χ2v) is 7.90. The van der Waals surface area contributed by atoms with Crippen LogP contribution >= 0.6 is 0 Å². The fourth-order valence-corrected chi connectivity index (χ4v) is 3.42.